The van der Waals surface area contributed by atoms with Crippen LogP contribution in [0.4, 0.5) is 0 Å². The second-order valence-electron chi connectivity index (χ2n) is 9.35. The summed E-state index contributed by atoms with van der Waals surface area (Å²) in [5, 5.41) is 13.4. The smallest absolute Gasteiger partial charge is 0.119 e. The number of thiophene rings is 1. The summed E-state index contributed by atoms with van der Waals surface area (Å²) in [6, 6.07) is 12.6. The number of rotatable bonds is 8. The largest absolute Gasteiger partial charge is 0.497 e. The monoisotopic (exact) mass is 477 g/mol. The highest BCUT2D eigenvalue weighted by atomic mass is 32.1. The van der Waals surface area contributed by atoms with Crippen LogP contribution in [0.25, 0.3) is 10.9 Å². The molecule has 1 unspecified atom stereocenters. The minimum absolute atomic E-state index is 0.238. The molecule has 3 atom stereocenters. The van der Waals surface area contributed by atoms with E-state index in [0.29, 0.717) is 11.8 Å². The van der Waals surface area contributed by atoms with Gasteiger partial charge in [0.15, 0.2) is 0 Å². The molecule has 0 amide bonds. The Morgan fingerprint density at radius 1 is 1.26 bits per heavy atom. The van der Waals surface area contributed by atoms with Crippen molar-refractivity contribution in [1.29, 1.82) is 0 Å². The van der Waals surface area contributed by atoms with Gasteiger partial charge in [-0.25, -0.2) is 0 Å². The van der Waals surface area contributed by atoms with E-state index in [9.17, 15) is 5.11 Å². The Kier molecular flexibility index (Phi) is 8.58. The average molecular weight is 478 g/mol. The van der Waals surface area contributed by atoms with Crippen molar-refractivity contribution in [3.8, 4) is 17.6 Å². The Morgan fingerprint density at radius 2 is 2.15 bits per heavy atom. The highest BCUT2D eigenvalue weighted by Gasteiger charge is 2.29. The molecule has 0 spiro atoms. The number of ether oxygens (including phenoxy) is 1. The lowest BCUT2D eigenvalue weighted by Crippen LogP contribution is -2.42. The molecular weight excluding hydrogens is 442 g/mol. The normalized spacial score (nSPS) is 19.7. The Morgan fingerprint density at radius 3 is 2.88 bits per heavy atom. The minimum atomic E-state index is 0.238. The third-order valence-corrected chi connectivity index (χ3v) is 7.81. The first-order valence-electron chi connectivity index (χ1n) is 12.0. The number of hydrogen-bond donors (Lipinski definition) is 1. The van der Waals surface area contributed by atoms with Gasteiger partial charge >= 0.3 is 0 Å². The third-order valence-electron chi connectivity index (χ3n) is 7.02. The molecule has 1 aliphatic rings. The van der Waals surface area contributed by atoms with E-state index in [1.165, 1.54) is 5.56 Å². The van der Waals surface area contributed by atoms with Crippen LogP contribution in [0.2, 0.25) is 0 Å². The quantitative estimate of drug-likeness (QED) is 0.478. The van der Waals surface area contributed by atoms with Crippen molar-refractivity contribution < 1.29 is 9.84 Å². The number of aromatic nitrogens is 1. The highest BCUT2D eigenvalue weighted by molar-refractivity contribution is 7.10. The minimum Gasteiger partial charge on any atom is -0.497 e. The van der Waals surface area contributed by atoms with Crippen LogP contribution in [0, 0.1) is 23.7 Å². The maximum absolute atomic E-state index is 10.2. The first-order chi connectivity index (χ1) is 16.6. The number of likely N-dealkylation sites (tertiary alicyclic amines) is 1. The predicted molar refractivity (Wildman–Crippen MR) is 140 cm³/mol. The van der Waals surface area contributed by atoms with Crippen molar-refractivity contribution in [3.05, 3.63) is 58.4 Å². The van der Waals surface area contributed by atoms with Crippen LogP contribution < -0.4 is 4.74 Å². The zero-order valence-corrected chi connectivity index (χ0v) is 21.2. The van der Waals surface area contributed by atoms with Gasteiger partial charge in [-0.1, -0.05) is 17.9 Å². The van der Waals surface area contributed by atoms with Gasteiger partial charge in [0.25, 0.3) is 0 Å². The molecule has 0 bridgehead atoms. The van der Waals surface area contributed by atoms with Crippen LogP contribution in [0.5, 0.6) is 5.75 Å². The number of nitrogens with zero attached hydrogens (tertiary/aromatic N) is 3. The molecule has 1 aliphatic heterocycles. The standard InChI is InChI=1S/C28H35N3O2S/c1-30(2)28(25-12-14-29-27-10-9-23(33-3)18-26(25)27)11-8-21-13-16-31(19-22(21)20-32)15-4-6-24-7-5-17-34-24/h5,7,9-10,12,14,17-18,21-22,28,32H,8,11,13,15-16,19-20H2,1-3H3/t21-,22-,28?/m1/s1. The van der Waals surface area contributed by atoms with E-state index in [2.05, 4.69) is 64.3 Å². The number of piperidine rings is 1. The fourth-order valence-electron chi connectivity index (χ4n) is 5.10. The molecule has 0 saturated carbocycles. The van der Waals surface area contributed by atoms with Gasteiger partial charge in [-0.2, -0.15) is 0 Å². The molecule has 1 aromatic carbocycles. The van der Waals surface area contributed by atoms with Gasteiger partial charge in [0.2, 0.25) is 0 Å². The Balaban J connectivity index is 1.41. The molecule has 0 radical (unpaired) electrons. The second kappa shape index (κ2) is 11.8. The van der Waals surface area contributed by atoms with Crippen molar-refractivity contribution in [2.45, 2.75) is 25.3 Å². The lowest BCUT2D eigenvalue weighted by Gasteiger charge is -2.38. The molecule has 180 valence electrons. The zero-order valence-electron chi connectivity index (χ0n) is 20.4. The summed E-state index contributed by atoms with van der Waals surface area (Å²) in [6.07, 6.45) is 5.16. The molecular formula is C28H35N3O2S. The third kappa shape index (κ3) is 5.97. The van der Waals surface area contributed by atoms with Crippen LogP contribution in [0.3, 0.4) is 0 Å². The maximum Gasteiger partial charge on any atom is 0.119 e. The fourth-order valence-corrected chi connectivity index (χ4v) is 5.69. The summed E-state index contributed by atoms with van der Waals surface area (Å²) < 4.78 is 5.48. The van der Waals surface area contributed by atoms with Crippen LogP contribution in [-0.4, -0.2) is 67.3 Å². The van der Waals surface area contributed by atoms with Gasteiger partial charge in [-0.05, 0) is 93.0 Å². The summed E-state index contributed by atoms with van der Waals surface area (Å²) in [4.78, 5) is 10.4. The van der Waals surface area contributed by atoms with Crippen molar-refractivity contribution >= 4 is 22.2 Å². The van der Waals surface area contributed by atoms with E-state index in [1.54, 1.807) is 18.4 Å². The van der Waals surface area contributed by atoms with Gasteiger partial charge in [-0.3, -0.25) is 9.88 Å². The van der Waals surface area contributed by atoms with E-state index in [1.807, 2.05) is 24.4 Å². The molecule has 5 nitrogen and oxygen atoms in total. The SMILES string of the molecule is COc1ccc2nccc(C(CC[C@@H]3CCN(CC#Cc4cccs4)C[C@@H]3CO)N(C)C)c2c1. The molecule has 1 N–H and O–H groups in total. The Hall–Kier alpha value is -2.43. The van der Waals surface area contributed by atoms with Crippen LogP contribution in [0.1, 0.15) is 35.7 Å². The fraction of sp³-hybridized carbons (Fsp3) is 0.464. The highest BCUT2D eigenvalue weighted by Crippen LogP contribution is 2.35. The number of aliphatic hydroxyl groups is 1. The average Bonchev–Trinajstić information content (AvgIpc) is 3.38. The van der Waals surface area contributed by atoms with Crippen molar-refractivity contribution in [2.24, 2.45) is 11.8 Å². The summed E-state index contributed by atoms with van der Waals surface area (Å²) >= 11 is 1.68. The van der Waals surface area contributed by atoms with Gasteiger partial charge in [0.1, 0.15) is 5.75 Å². The summed E-state index contributed by atoms with van der Waals surface area (Å²) in [5.74, 6) is 8.25. The number of fused-ring (bicyclic) bond motifs is 1. The molecule has 1 saturated heterocycles. The van der Waals surface area contributed by atoms with Crippen LogP contribution >= 0.6 is 11.3 Å². The predicted octanol–water partition coefficient (Wildman–Crippen LogP) is 4.67. The van der Waals surface area contributed by atoms with Gasteiger partial charge in [-0.15, -0.1) is 11.3 Å². The molecule has 3 aromatic rings. The summed E-state index contributed by atoms with van der Waals surface area (Å²) in [6.45, 7) is 2.97. The molecule has 34 heavy (non-hydrogen) atoms. The van der Waals surface area contributed by atoms with Crippen molar-refractivity contribution in [2.75, 3.05) is 47.4 Å². The lowest BCUT2D eigenvalue weighted by molar-refractivity contribution is 0.0707. The second-order valence-corrected chi connectivity index (χ2v) is 10.3. The lowest BCUT2D eigenvalue weighted by atomic mass is 9.81. The van der Waals surface area contributed by atoms with E-state index < -0.39 is 0 Å². The molecule has 1 fully saturated rings. The molecule has 4 rings (SSSR count). The topological polar surface area (TPSA) is 48.8 Å². The first-order valence-corrected chi connectivity index (χ1v) is 12.9. The molecule has 3 heterocycles. The maximum atomic E-state index is 10.2. The van der Waals surface area contributed by atoms with E-state index in [4.69, 9.17) is 4.74 Å². The van der Waals surface area contributed by atoms with E-state index in [0.717, 1.165) is 60.4 Å². The van der Waals surface area contributed by atoms with Gasteiger partial charge in [0, 0.05) is 30.8 Å². The molecule has 0 aliphatic carbocycles. The molecule has 2 aromatic heterocycles. The Labute approximate surface area is 207 Å². The number of pyridine rings is 1. The van der Waals surface area contributed by atoms with Crippen molar-refractivity contribution in [1.82, 2.24) is 14.8 Å². The van der Waals surface area contributed by atoms with Crippen LogP contribution in [-0.2, 0) is 0 Å². The zero-order chi connectivity index (χ0) is 23.9. The number of hydrogen-bond acceptors (Lipinski definition) is 6. The number of aliphatic hydroxyl groups excluding tert-OH is 1. The van der Waals surface area contributed by atoms with E-state index >= 15 is 0 Å². The van der Waals surface area contributed by atoms with Crippen molar-refractivity contribution in [3.63, 3.8) is 0 Å². The van der Waals surface area contributed by atoms with Gasteiger partial charge in [0.05, 0.1) is 24.0 Å². The van der Waals surface area contributed by atoms with Gasteiger partial charge < -0.3 is 14.7 Å². The first kappa shape index (κ1) is 24.7. The number of benzene rings is 1. The number of methoxy groups -OCH3 is 1. The Bertz CT molecular complexity index is 1120. The summed E-state index contributed by atoms with van der Waals surface area (Å²) in [7, 11) is 6.00. The van der Waals surface area contributed by atoms with Crippen LogP contribution in [0.15, 0.2) is 48.0 Å². The molecule has 6 heteroatoms. The summed E-state index contributed by atoms with van der Waals surface area (Å²) in [5.41, 5.74) is 2.28. The van der Waals surface area contributed by atoms with E-state index in [-0.39, 0.29) is 12.6 Å².